The van der Waals surface area contributed by atoms with Gasteiger partial charge in [0.25, 0.3) is 0 Å². The van der Waals surface area contributed by atoms with E-state index < -0.39 is 17.8 Å². The van der Waals surface area contributed by atoms with Gasteiger partial charge in [-0.3, -0.25) is 0 Å². The number of carbonyl (C=O) groups is 2. The van der Waals surface area contributed by atoms with E-state index in [2.05, 4.69) is 14.8 Å². The molecule has 1 rings (SSSR count). The number of nitrogens with one attached hydrogen (secondary N) is 1. The molecule has 1 aromatic rings. The largest absolute Gasteiger partial charge is 0.466 e. The van der Waals surface area contributed by atoms with E-state index in [-0.39, 0.29) is 16.4 Å². The molecule has 0 atom stereocenters. The van der Waals surface area contributed by atoms with Crippen molar-refractivity contribution in [1.82, 2.24) is 0 Å². The zero-order chi connectivity index (χ0) is 14.4. The van der Waals surface area contributed by atoms with Crippen LogP contribution in [-0.2, 0) is 19.1 Å². The van der Waals surface area contributed by atoms with E-state index in [0.29, 0.717) is 0 Å². The first-order valence-electron chi connectivity index (χ1n) is 5.08. The van der Waals surface area contributed by atoms with Crippen LogP contribution >= 0.6 is 11.6 Å². The monoisotopic (exact) mass is 287 g/mol. The average Bonchev–Trinajstić information content (AvgIpc) is 2.39. The van der Waals surface area contributed by atoms with Gasteiger partial charge in [0, 0.05) is 5.02 Å². The molecule has 1 N–H and O–H groups in total. The van der Waals surface area contributed by atoms with Crippen molar-refractivity contribution in [2.24, 2.45) is 0 Å². The number of hydrogen-bond donors (Lipinski definition) is 1. The lowest BCUT2D eigenvalue weighted by molar-refractivity contribution is -0.138. The Balaban J connectivity index is 3.04. The second-order valence-corrected chi connectivity index (χ2v) is 3.76. The number of halogens is 2. The molecule has 0 fully saturated rings. The van der Waals surface area contributed by atoms with E-state index in [1.54, 1.807) is 0 Å². The zero-order valence-electron chi connectivity index (χ0n) is 10.2. The highest BCUT2D eigenvalue weighted by molar-refractivity contribution is 6.30. The average molecular weight is 288 g/mol. The number of rotatable bonds is 4. The van der Waals surface area contributed by atoms with Crippen molar-refractivity contribution >= 4 is 29.2 Å². The lowest BCUT2D eigenvalue weighted by Gasteiger charge is -2.09. The van der Waals surface area contributed by atoms with Gasteiger partial charge in [-0.15, -0.1) is 0 Å². The van der Waals surface area contributed by atoms with Crippen molar-refractivity contribution in [3.63, 3.8) is 0 Å². The Bertz CT molecular complexity index is 530. The maximum absolute atomic E-state index is 13.6. The van der Waals surface area contributed by atoms with E-state index in [0.717, 1.165) is 26.4 Å². The molecule has 0 heterocycles. The van der Waals surface area contributed by atoms with E-state index >= 15 is 0 Å². The second-order valence-electron chi connectivity index (χ2n) is 3.32. The van der Waals surface area contributed by atoms with E-state index in [1.807, 2.05) is 0 Å². The molecular weight excluding hydrogens is 277 g/mol. The molecule has 0 aromatic heterocycles. The van der Waals surface area contributed by atoms with Crippen molar-refractivity contribution in [2.75, 3.05) is 19.5 Å². The summed E-state index contributed by atoms with van der Waals surface area (Å²) in [7, 11) is 2.28. The minimum atomic E-state index is -0.834. The lowest BCUT2D eigenvalue weighted by Crippen LogP contribution is -2.16. The molecule has 0 unspecified atom stereocenters. The number of benzene rings is 1. The predicted octanol–water partition coefficient (Wildman–Crippen LogP) is 2.12. The van der Waals surface area contributed by atoms with Crippen molar-refractivity contribution in [3.05, 3.63) is 40.8 Å². The van der Waals surface area contributed by atoms with Crippen LogP contribution in [0.5, 0.6) is 0 Å². The van der Waals surface area contributed by atoms with Gasteiger partial charge in [0.05, 0.1) is 26.0 Å². The lowest BCUT2D eigenvalue weighted by atomic mass is 10.3. The highest BCUT2D eigenvalue weighted by Gasteiger charge is 2.14. The van der Waals surface area contributed by atoms with E-state index in [1.165, 1.54) is 12.1 Å². The molecule has 1 aromatic carbocycles. The fraction of sp³-hybridized carbons (Fsp3) is 0.167. The maximum atomic E-state index is 13.6. The summed E-state index contributed by atoms with van der Waals surface area (Å²) in [6.45, 7) is 0. The number of methoxy groups -OCH3 is 2. The minimum absolute atomic E-state index is 0.0232. The van der Waals surface area contributed by atoms with Crippen LogP contribution in [-0.4, -0.2) is 26.2 Å². The summed E-state index contributed by atoms with van der Waals surface area (Å²) in [6.07, 6.45) is 0.861. The molecule has 7 heteroatoms. The Labute approximate surface area is 114 Å². The van der Waals surface area contributed by atoms with Gasteiger partial charge in [0.1, 0.15) is 11.5 Å². The fourth-order valence-electron chi connectivity index (χ4n) is 1.17. The molecule has 0 saturated carbocycles. The van der Waals surface area contributed by atoms with Gasteiger partial charge in [-0.1, -0.05) is 11.6 Å². The Kier molecular flexibility index (Phi) is 5.32. The summed E-state index contributed by atoms with van der Waals surface area (Å²) >= 11 is 5.60. The minimum Gasteiger partial charge on any atom is -0.466 e. The van der Waals surface area contributed by atoms with Crippen molar-refractivity contribution in [1.29, 1.82) is 0 Å². The Morgan fingerprint density at radius 1 is 1.32 bits per heavy atom. The van der Waals surface area contributed by atoms with Crippen LogP contribution in [0.1, 0.15) is 0 Å². The Morgan fingerprint density at radius 2 is 2.00 bits per heavy atom. The third-order valence-electron chi connectivity index (χ3n) is 2.07. The van der Waals surface area contributed by atoms with Gasteiger partial charge in [-0.25, -0.2) is 14.0 Å². The fourth-order valence-corrected chi connectivity index (χ4v) is 1.33. The molecule has 0 aliphatic rings. The molecule has 0 radical (unpaired) electrons. The first-order valence-corrected chi connectivity index (χ1v) is 5.45. The van der Waals surface area contributed by atoms with Crippen LogP contribution < -0.4 is 5.32 Å². The van der Waals surface area contributed by atoms with E-state index in [9.17, 15) is 14.0 Å². The van der Waals surface area contributed by atoms with Crippen molar-refractivity contribution in [2.45, 2.75) is 0 Å². The molecule has 0 amide bonds. The molecular formula is C12H11ClFNO4. The smallest absolute Gasteiger partial charge is 0.354 e. The number of carbonyl (C=O) groups excluding carboxylic acids is 2. The third kappa shape index (κ3) is 4.26. The number of esters is 2. The van der Waals surface area contributed by atoms with Crippen LogP contribution in [0.4, 0.5) is 10.1 Å². The quantitative estimate of drug-likeness (QED) is 0.679. The highest BCUT2D eigenvalue weighted by atomic mass is 35.5. The van der Waals surface area contributed by atoms with Gasteiger partial charge in [-0.2, -0.15) is 0 Å². The number of hydrogen-bond acceptors (Lipinski definition) is 5. The van der Waals surface area contributed by atoms with Gasteiger partial charge in [-0.05, 0) is 18.2 Å². The SMILES string of the molecule is COC(=O)/C=C(\Nc1ccc(Cl)cc1F)C(=O)OC. The van der Waals surface area contributed by atoms with Gasteiger partial charge in [0.2, 0.25) is 0 Å². The molecule has 0 saturated heterocycles. The van der Waals surface area contributed by atoms with Crippen LogP contribution in [0.2, 0.25) is 5.02 Å². The molecule has 0 spiro atoms. The van der Waals surface area contributed by atoms with E-state index in [4.69, 9.17) is 11.6 Å². The van der Waals surface area contributed by atoms with Gasteiger partial charge >= 0.3 is 11.9 Å². The second kappa shape index (κ2) is 6.75. The first-order chi connectivity index (χ1) is 8.97. The standard InChI is InChI=1S/C12H11ClFNO4/c1-18-11(16)6-10(12(17)19-2)15-9-4-3-7(13)5-8(9)14/h3-6,15H,1-2H3/b10-6-. The van der Waals surface area contributed by atoms with Gasteiger partial charge < -0.3 is 14.8 Å². The van der Waals surface area contributed by atoms with Crippen molar-refractivity contribution < 1.29 is 23.5 Å². The highest BCUT2D eigenvalue weighted by Crippen LogP contribution is 2.20. The first kappa shape index (κ1) is 15.0. The molecule has 0 aliphatic heterocycles. The van der Waals surface area contributed by atoms with Crippen LogP contribution in [0.15, 0.2) is 30.0 Å². The summed E-state index contributed by atoms with van der Waals surface area (Å²) in [6, 6.07) is 3.82. The molecule has 0 aliphatic carbocycles. The summed E-state index contributed by atoms with van der Waals surface area (Å²) in [5.41, 5.74) is -0.277. The van der Waals surface area contributed by atoms with Gasteiger partial charge in [0.15, 0.2) is 0 Å². The normalized spacial score (nSPS) is 10.8. The Hall–Kier alpha value is -2.08. The topological polar surface area (TPSA) is 64.6 Å². The predicted molar refractivity (Wildman–Crippen MR) is 67.1 cm³/mol. The summed E-state index contributed by atoms with van der Waals surface area (Å²) in [5, 5.41) is 2.65. The summed E-state index contributed by atoms with van der Waals surface area (Å²) < 4.78 is 22.4. The number of ether oxygens (including phenoxy) is 2. The molecule has 102 valence electrons. The third-order valence-corrected chi connectivity index (χ3v) is 2.30. The maximum Gasteiger partial charge on any atom is 0.354 e. The van der Waals surface area contributed by atoms with Crippen LogP contribution in [0.25, 0.3) is 0 Å². The Morgan fingerprint density at radius 3 is 2.53 bits per heavy atom. The van der Waals surface area contributed by atoms with Crippen LogP contribution in [0, 0.1) is 5.82 Å². The molecule has 0 bridgehead atoms. The molecule has 19 heavy (non-hydrogen) atoms. The summed E-state index contributed by atoms with van der Waals surface area (Å²) in [5.74, 6) is -2.28. The summed E-state index contributed by atoms with van der Waals surface area (Å²) in [4.78, 5) is 22.5. The zero-order valence-corrected chi connectivity index (χ0v) is 11.0. The molecule has 5 nitrogen and oxygen atoms in total. The van der Waals surface area contributed by atoms with Crippen LogP contribution in [0.3, 0.4) is 0 Å². The van der Waals surface area contributed by atoms with Crippen molar-refractivity contribution in [3.8, 4) is 0 Å². The number of anilines is 1.